The van der Waals surface area contributed by atoms with Crippen LogP contribution in [-0.2, 0) is 13.1 Å². The summed E-state index contributed by atoms with van der Waals surface area (Å²) in [5.41, 5.74) is 5.72. The van der Waals surface area contributed by atoms with Crippen LogP contribution in [0.25, 0.3) is 0 Å². The number of hydrogen-bond donors (Lipinski definition) is 1. The first-order chi connectivity index (χ1) is 16.5. The van der Waals surface area contributed by atoms with E-state index < -0.39 is 0 Å². The summed E-state index contributed by atoms with van der Waals surface area (Å²) in [6, 6.07) is 23.3. The number of amides is 2. The van der Waals surface area contributed by atoms with Crippen molar-refractivity contribution in [2.45, 2.75) is 45.7 Å². The molecule has 4 rings (SSSR count). The highest BCUT2D eigenvalue weighted by molar-refractivity contribution is 5.92. The summed E-state index contributed by atoms with van der Waals surface area (Å²) in [5, 5.41) is 2.98. The van der Waals surface area contributed by atoms with Gasteiger partial charge in [0.15, 0.2) is 0 Å². The standard InChI is InChI=1S/C29H34FN3O/c1-3-31-29(34)33(28-11-7-4-8-22(28)2)21-25-9-5-6-10-27(25)24-16-18-32(19-17-24)20-23-12-14-26(30)15-13-23/h4-15,24H,3,16-21H2,1-2H3,(H,31,34). The van der Waals surface area contributed by atoms with Gasteiger partial charge in [0.25, 0.3) is 0 Å². The summed E-state index contributed by atoms with van der Waals surface area (Å²) in [7, 11) is 0. The zero-order valence-electron chi connectivity index (χ0n) is 20.1. The first-order valence-corrected chi connectivity index (χ1v) is 12.2. The number of hydrogen-bond acceptors (Lipinski definition) is 2. The Bertz CT molecular complexity index is 1090. The van der Waals surface area contributed by atoms with Gasteiger partial charge in [-0.15, -0.1) is 0 Å². The van der Waals surface area contributed by atoms with E-state index in [1.54, 1.807) is 0 Å². The number of para-hydroxylation sites is 1. The van der Waals surface area contributed by atoms with Crippen LogP contribution in [0.4, 0.5) is 14.9 Å². The fourth-order valence-corrected chi connectivity index (χ4v) is 4.88. The molecule has 178 valence electrons. The lowest BCUT2D eigenvalue weighted by Gasteiger charge is -2.34. The quantitative estimate of drug-likeness (QED) is 0.453. The summed E-state index contributed by atoms with van der Waals surface area (Å²) >= 11 is 0. The number of aryl methyl sites for hydroxylation is 1. The summed E-state index contributed by atoms with van der Waals surface area (Å²) in [6.07, 6.45) is 2.15. The Morgan fingerprint density at radius 1 is 1.00 bits per heavy atom. The fraction of sp³-hybridized carbons (Fsp3) is 0.345. The van der Waals surface area contributed by atoms with Crippen LogP contribution >= 0.6 is 0 Å². The van der Waals surface area contributed by atoms with E-state index in [2.05, 4.69) is 34.5 Å². The Balaban J connectivity index is 1.48. The van der Waals surface area contributed by atoms with E-state index in [9.17, 15) is 9.18 Å². The molecule has 4 nitrogen and oxygen atoms in total. The predicted molar refractivity (Wildman–Crippen MR) is 137 cm³/mol. The third kappa shape index (κ3) is 5.84. The van der Waals surface area contributed by atoms with Crippen LogP contribution in [-0.4, -0.2) is 30.6 Å². The van der Waals surface area contributed by atoms with E-state index in [1.807, 2.05) is 55.1 Å². The normalized spacial score (nSPS) is 14.7. The maximum Gasteiger partial charge on any atom is 0.322 e. The molecule has 0 unspecified atom stereocenters. The van der Waals surface area contributed by atoms with Crippen molar-refractivity contribution < 1.29 is 9.18 Å². The second-order valence-electron chi connectivity index (χ2n) is 9.08. The molecule has 0 aromatic heterocycles. The lowest BCUT2D eigenvalue weighted by molar-refractivity contribution is 0.204. The van der Waals surface area contributed by atoms with Gasteiger partial charge in [0.2, 0.25) is 0 Å². The summed E-state index contributed by atoms with van der Waals surface area (Å²) in [5.74, 6) is 0.278. The van der Waals surface area contributed by atoms with Gasteiger partial charge in [-0.25, -0.2) is 9.18 Å². The first kappa shape index (κ1) is 24.0. The van der Waals surface area contributed by atoms with E-state index in [0.29, 0.717) is 19.0 Å². The second kappa shape index (κ2) is 11.3. The van der Waals surface area contributed by atoms with Gasteiger partial charge in [-0.05, 0) is 86.1 Å². The van der Waals surface area contributed by atoms with Crippen LogP contribution in [0.5, 0.6) is 0 Å². The van der Waals surface area contributed by atoms with Crippen molar-refractivity contribution in [2.24, 2.45) is 0 Å². The van der Waals surface area contributed by atoms with Crippen LogP contribution in [0, 0.1) is 12.7 Å². The number of benzene rings is 3. The number of nitrogens with zero attached hydrogens (tertiary/aromatic N) is 2. The Kier molecular flexibility index (Phi) is 7.96. The number of rotatable bonds is 7. The van der Waals surface area contributed by atoms with Gasteiger partial charge >= 0.3 is 6.03 Å². The van der Waals surface area contributed by atoms with Crippen molar-refractivity contribution in [1.82, 2.24) is 10.2 Å². The minimum atomic E-state index is -0.188. The monoisotopic (exact) mass is 459 g/mol. The van der Waals surface area contributed by atoms with Crippen molar-refractivity contribution in [3.63, 3.8) is 0 Å². The number of carbonyl (C=O) groups excluding carboxylic acids is 1. The Hall–Kier alpha value is -3.18. The van der Waals surface area contributed by atoms with E-state index in [-0.39, 0.29) is 11.8 Å². The van der Waals surface area contributed by atoms with E-state index in [0.717, 1.165) is 49.3 Å². The zero-order chi connectivity index (χ0) is 23.9. The highest BCUT2D eigenvalue weighted by Crippen LogP contribution is 2.32. The second-order valence-corrected chi connectivity index (χ2v) is 9.08. The number of urea groups is 1. The molecule has 3 aromatic carbocycles. The van der Waals surface area contributed by atoms with E-state index >= 15 is 0 Å². The molecule has 1 fully saturated rings. The average Bonchev–Trinajstić information content (AvgIpc) is 2.85. The van der Waals surface area contributed by atoms with Crippen molar-refractivity contribution in [2.75, 3.05) is 24.5 Å². The highest BCUT2D eigenvalue weighted by Gasteiger charge is 2.25. The molecule has 0 spiro atoms. The molecule has 1 aliphatic rings. The molecular weight excluding hydrogens is 425 g/mol. The lowest BCUT2D eigenvalue weighted by atomic mass is 9.86. The van der Waals surface area contributed by atoms with Gasteiger partial charge in [-0.1, -0.05) is 54.6 Å². The van der Waals surface area contributed by atoms with Crippen LogP contribution in [0.3, 0.4) is 0 Å². The third-order valence-electron chi connectivity index (χ3n) is 6.71. The molecule has 0 atom stereocenters. The Morgan fingerprint density at radius 2 is 1.68 bits per heavy atom. The lowest BCUT2D eigenvalue weighted by Crippen LogP contribution is -2.40. The average molecular weight is 460 g/mol. The van der Waals surface area contributed by atoms with Gasteiger partial charge in [-0.3, -0.25) is 9.80 Å². The third-order valence-corrected chi connectivity index (χ3v) is 6.71. The molecule has 3 aromatic rings. The molecule has 5 heteroatoms. The molecule has 1 heterocycles. The molecule has 2 amide bonds. The molecule has 1 saturated heterocycles. The SMILES string of the molecule is CCNC(=O)N(Cc1ccccc1C1CCN(Cc2ccc(F)cc2)CC1)c1ccccc1C. The molecule has 0 aliphatic carbocycles. The molecule has 0 saturated carbocycles. The number of likely N-dealkylation sites (tertiary alicyclic amines) is 1. The van der Waals surface area contributed by atoms with Crippen LogP contribution in [0.15, 0.2) is 72.8 Å². The largest absolute Gasteiger partial charge is 0.338 e. The van der Waals surface area contributed by atoms with Crippen molar-refractivity contribution in [1.29, 1.82) is 0 Å². The molecule has 1 aliphatic heterocycles. The number of carbonyl (C=O) groups is 1. The van der Waals surface area contributed by atoms with Crippen molar-refractivity contribution in [3.8, 4) is 0 Å². The van der Waals surface area contributed by atoms with E-state index in [4.69, 9.17) is 0 Å². The zero-order valence-corrected chi connectivity index (χ0v) is 20.1. The summed E-state index contributed by atoms with van der Waals surface area (Å²) in [4.78, 5) is 17.3. The minimum absolute atomic E-state index is 0.0688. The molecule has 0 bridgehead atoms. The first-order valence-electron chi connectivity index (χ1n) is 12.2. The number of halogens is 1. The molecule has 1 N–H and O–H groups in total. The fourth-order valence-electron chi connectivity index (χ4n) is 4.88. The van der Waals surface area contributed by atoms with Gasteiger partial charge in [0, 0.05) is 18.8 Å². The maximum absolute atomic E-state index is 13.2. The van der Waals surface area contributed by atoms with Crippen molar-refractivity contribution >= 4 is 11.7 Å². The minimum Gasteiger partial charge on any atom is -0.338 e. The van der Waals surface area contributed by atoms with Crippen molar-refractivity contribution in [3.05, 3.63) is 101 Å². The Morgan fingerprint density at radius 3 is 2.38 bits per heavy atom. The molecule has 34 heavy (non-hydrogen) atoms. The van der Waals surface area contributed by atoms with Gasteiger partial charge in [0.05, 0.1) is 6.54 Å². The topological polar surface area (TPSA) is 35.6 Å². The highest BCUT2D eigenvalue weighted by atomic mass is 19.1. The van der Waals surface area contributed by atoms with Crippen LogP contribution < -0.4 is 10.2 Å². The van der Waals surface area contributed by atoms with Gasteiger partial charge in [0.1, 0.15) is 5.82 Å². The maximum atomic E-state index is 13.2. The Labute approximate surface area is 202 Å². The summed E-state index contributed by atoms with van der Waals surface area (Å²) < 4.78 is 13.2. The molecular formula is C29H34FN3O. The van der Waals surface area contributed by atoms with E-state index in [1.165, 1.54) is 23.3 Å². The molecule has 0 radical (unpaired) electrons. The van der Waals surface area contributed by atoms with Gasteiger partial charge in [-0.2, -0.15) is 0 Å². The van der Waals surface area contributed by atoms with Crippen LogP contribution in [0.1, 0.15) is 47.9 Å². The predicted octanol–water partition coefficient (Wildman–Crippen LogP) is 6.25. The smallest absolute Gasteiger partial charge is 0.322 e. The van der Waals surface area contributed by atoms with Crippen LogP contribution in [0.2, 0.25) is 0 Å². The number of piperidine rings is 1. The number of nitrogens with one attached hydrogen (secondary N) is 1. The summed E-state index contributed by atoms with van der Waals surface area (Å²) in [6.45, 7) is 8.00. The van der Waals surface area contributed by atoms with Gasteiger partial charge < -0.3 is 5.32 Å². The number of anilines is 1.